The van der Waals surface area contributed by atoms with Gasteiger partial charge in [-0.2, -0.15) is 0 Å². The molecule has 0 unspecified atom stereocenters. The van der Waals surface area contributed by atoms with Crippen molar-refractivity contribution in [2.45, 2.75) is 5.33 Å². The van der Waals surface area contributed by atoms with Crippen LogP contribution in [0.3, 0.4) is 0 Å². The summed E-state index contributed by atoms with van der Waals surface area (Å²) >= 11 is 3.30. The summed E-state index contributed by atoms with van der Waals surface area (Å²) in [6.45, 7) is 0. The van der Waals surface area contributed by atoms with Gasteiger partial charge in [-0.25, -0.2) is 0 Å². The van der Waals surface area contributed by atoms with Crippen LogP contribution in [0.15, 0.2) is 18.2 Å². The van der Waals surface area contributed by atoms with E-state index in [4.69, 9.17) is 0 Å². The zero-order valence-corrected chi connectivity index (χ0v) is 8.22. The normalized spacial score (nSPS) is 14.2. The molecule has 1 N–H and O–H groups in total. The van der Waals surface area contributed by atoms with E-state index in [1.807, 2.05) is 6.07 Å². The van der Waals surface area contributed by atoms with Gasteiger partial charge in [-0.3, -0.25) is 9.59 Å². The molecule has 0 saturated carbocycles. The number of halogens is 1. The van der Waals surface area contributed by atoms with Crippen molar-refractivity contribution in [3.8, 4) is 0 Å². The lowest BCUT2D eigenvalue weighted by Crippen LogP contribution is -2.12. The monoisotopic (exact) mass is 239 g/mol. The lowest BCUT2D eigenvalue weighted by molar-refractivity contribution is -0.112. The number of ketones is 1. The van der Waals surface area contributed by atoms with Crippen molar-refractivity contribution in [1.29, 1.82) is 0 Å². The van der Waals surface area contributed by atoms with Crippen molar-refractivity contribution in [2.75, 3.05) is 5.32 Å². The van der Waals surface area contributed by atoms with Gasteiger partial charge in [0.25, 0.3) is 11.7 Å². The number of benzene rings is 1. The second-order valence-electron chi connectivity index (χ2n) is 2.80. The van der Waals surface area contributed by atoms with E-state index in [2.05, 4.69) is 21.2 Å². The molecule has 1 aromatic rings. The maximum atomic E-state index is 11.2. The first kappa shape index (κ1) is 8.44. The Hall–Kier alpha value is -1.16. The summed E-state index contributed by atoms with van der Waals surface area (Å²) < 4.78 is 0. The minimum absolute atomic E-state index is 0.448. The zero-order chi connectivity index (χ0) is 9.42. The summed E-state index contributed by atoms with van der Waals surface area (Å²) in [5, 5.41) is 3.23. The molecule has 4 heteroatoms. The van der Waals surface area contributed by atoms with Gasteiger partial charge in [0.2, 0.25) is 0 Å². The number of anilines is 1. The topological polar surface area (TPSA) is 46.2 Å². The Labute approximate surface area is 83.3 Å². The van der Waals surface area contributed by atoms with Crippen LogP contribution < -0.4 is 5.32 Å². The fraction of sp³-hybridized carbons (Fsp3) is 0.111. The van der Waals surface area contributed by atoms with Crippen LogP contribution in [0.5, 0.6) is 0 Å². The van der Waals surface area contributed by atoms with Crippen LogP contribution in [0, 0.1) is 0 Å². The molecule has 0 radical (unpaired) electrons. The summed E-state index contributed by atoms with van der Waals surface area (Å²) in [4.78, 5) is 22.1. The lowest BCUT2D eigenvalue weighted by atomic mass is 10.1. The molecule has 2 rings (SSSR count). The van der Waals surface area contributed by atoms with Gasteiger partial charge in [-0.05, 0) is 17.7 Å². The smallest absolute Gasteiger partial charge is 0.296 e. The Balaban J connectivity index is 2.52. The van der Waals surface area contributed by atoms with Crippen molar-refractivity contribution < 1.29 is 9.59 Å². The standard InChI is InChI=1S/C9H6BrNO2/c10-4-5-1-2-6-7(3-5)11-9(13)8(6)12/h1-3H,4H2,(H,11,12,13). The van der Waals surface area contributed by atoms with Gasteiger partial charge in [-0.1, -0.05) is 22.0 Å². The molecule has 1 aliphatic heterocycles. The van der Waals surface area contributed by atoms with Crippen LogP contribution in [0.4, 0.5) is 5.69 Å². The summed E-state index contributed by atoms with van der Waals surface area (Å²) in [6.07, 6.45) is 0. The van der Waals surface area contributed by atoms with Gasteiger partial charge < -0.3 is 5.32 Å². The molecule has 1 heterocycles. The minimum Gasteiger partial charge on any atom is -0.318 e. The number of amides is 1. The molecule has 1 amide bonds. The predicted molar refractivity (Wildman–Crippen MR) is 52.0 cm³/mol. The van der Waals surface area contributed by atoms with Crippen LogP contribution in [0.2, 0.25) is 0 Å². The number of hydrogen-bond acceptors (Lipinski definition) is 2. The van der Waals surface area contributed by atoms with Gasteiger partial charge in [0.05, 0.1) is 11.3 Å². The first-order valence-electron chi connectivity index (χ1n) is 3.77. The summed E-state index contributed by atoms with van der Waals surface area (Å²) in [5.74, 6) is -0.988. The highest BCUT2D eigenvalue weighted by molar-refractivity contribution is 9.08. The number of rotatable bonds is 1. The minimum atomic E-state index is -0.540. The molecule has 0 spiro atoms. The Morgan fingerprint density at radius 2 is 2.08 bits per heavy atom. The Morgan fingerprint density at radius 3 is 2.77 bits per heavy atom. The van der Waals surface area contributed by atoms with E-state index in [0.29, 0.717) is 16.6 Å². The average Bonchev–Trinajstić information content (AvgIpc) is 2.42. The third kappa shape index (κ3) is 1.27. The fourth-order valence-corrected chi connectivity index (χ4v) is 1.63. The lowest BCUT2D eigenvalue weighted by Gasteiger charge is -1.98. The summed E-state index contributed by atoms with van der Waals surface area (Å²) in [7, 11) is 0. The van der Waals surface area contributed by atoms with E-state index in [-0.39, 0.29) is 0 Å². The van der Waals surface area contributed by atoms with Gasteiger partial charge in [-0.15, -0.1) is 0 Å². The van der Waals surface area contributed by atoms with Gasteiger partial charge in [0, 0.05) is 5.33 Å². The molecule has 66 valence electrons. The van der Waals surface area contributed by atoms with Crippen molar-refractivity contribution in [3.63, 3.8) is 0 Å². The van der Waals surface area contributed by atoms with E-state index in [1.165, 1.54) is 0 Å². The first-order valence-corrected chi connectivity index (χ1v) is 4.89. The molecule has 3 nitrogen and oxygen atoms in total. The molecular formula is C9H6BrNO2. The second kappa shape index (κ2) is 2.96. The highest BCUT2D eigenvalue weighted by Crippen LogP contribution is 2.24. The van der Waals surface area contributed by atoms with E-state index < -0.39 is 11.7 Å². The Bertz CT molecular complexity index is 401. The summed E-state index contributed by atoms with van der Waals surface area (Å²) in [6, 6.07) is 5.30. The maximum Gasteiger partial charge on any atom is 0.296 e. The van der Waals surface area contributed by atoms with Crippen LogP contribution in [-0.4, -0.2) is 11.7 Å². The van der Waals surface area contributed by atoms with E-state index in [1.54, 1.807) is 12.1 Å². The molecule has 0 bridgehead atoms. The highest BCUT2D eigenvalue weighted by atomic mass is 79.9. The van der Waals surface area contributed by atoms with Gasteiger partial charge in [0.1, 0.15) is 0 Å². The number of nitrogens with one attached hydrogen (secondary N) is 1. The molecular weight excluding hydrogens is 234 g/mol. The van der Waals surface area contributed by atoms with Gasteiger partial charge in [0.15, 0.2) is 0 Å². The number of carbonyl (C=O) groups is 2. The quantitative estimate of drug-likeness (QED) is 0.600. The van der Waals surface area contributed by atoms with Crippen LogP contribution in [-0.2, 0) is 10.1 Å². The van der Waals surface area contributed by atoms with Crippen molar-refractivity contribution in [2.24, 2.45) is 0 Å². The molecule has 0 saturated heterocycles. The van der Waals surface area contributed by atoms with Crippen LogP contribution in [0.1, 0.15) is 15.9 Å². The van der Waals surface area contributed by atoms with Crippen molar-refractivity contribution in [3.05, 3.63) is 29.3 Å². The number of alkyl halides is 1. The first-order chi connectivity index (χ1) is 6.22. The SMILES string of the molecule is O=C1Nc2cc(CBr)ccc2C1=O. The van der Waals surface area contributed by atoms with E-state index in [9.17, 15) is 9.59 Å². The second-order valence-corrected chi connectivity index (χ2v) is 3.36. The highest BCUT2D eigenvalue weighted by Gasteiger charge is 2.27. The van der Waals surface area contributed by atoms with Crippen LogP contribution in [0.25, 0.3) is 0 Å². The molecule has 0 aromatic heterocycles. The molecule has 1 aromatic carbocycles. The summed E-state index contributed by atoms with van der Waals surface area (Å²) in [5.41, 5.74) is 2.12. The van der Waals surface area contributed by atoms with Gasteiger partial charge >= 0.3 is 0 Å². The number of fused-ring (bicyclic) bond motifs is 1. The van der Waals surface area contributed by atoms with E-state index >= 15 is 0 Å². The fourth-order valence-electron chi connectivity index (χ4n) is 1.28. The van der Waals surface area contributed by atoms with E-state index in [0.717, 1.165) is 5.56 Å². The predicted octanol–water partition coefficient (Wildman–Crippen LogP) is 1.72. The number of carbonyl (C=O) groups excluding carboxylic acids is 2. The molecule has 1 aliphatic rings. The largest absolute Gasteiger partial charge is 0.318 e. The molecule has 0 fully saturated rings. The Kier molecular flexibility index (Phi) is 1.92. The third-order valence-electron chi connectivity index (χ3n) is 1.94. The third-order valence-corrected chi connectivity index (χ3v) is 2.58. The van der Waals surface area contributed by atoms with Crippen molar-refractivity contribution >= 4 is 33.3 Å². The molecule has 0 aliphatic carbocycles. The van der Waals surface area contributed by atoms with Crippen LogP contribution >= 0.6 is 15.9 Å². The molecule has 13 heavy (non-hydrogen) atoms. The zero-order valence-electron chi connectivity index (χ0n) is 6.63. The number of Topliss-reactive ketones (excluding diaryl/α,β-unsaturated/α-hetero) is 1. The number of hydrogen-bond donors (Lipinski definition) is 1. The Morgan fingerprint density at radius 1 is 1.31 bits per heavy atom. The molecule has 0 atom stereocenters. The maximum absolute atomic E-state index is 11.2. The van der Waals surface area contributed by atoms with Crippen molar-refractivity contribution in [1.82, 2.24) is 0 Å². The average molecular weight is 240 g/mol.